The van der Waals surface area contributed by atoms with Gasteiger partial charge in [-0.25, -0.2) is 4.39 Å². The summed E-state index contributed by atoms with van der Waals surface area (Å²) in [5.74, 6) is -0.181. The number of amides is 2. The van der Waals surface area contributed by atoms with Gasteiger partial charge >= 0.3 is 0 Å². The number of ether oxygens (including phenoxy) is 1. The zero-order valence-electron chi connectivity index (χ0n) is 13.2. The van der Waals surface area contributed by atoms with E-state index in [-0.39, 0.29) is 24.1 Å². The summed E-state index contributed by atoms with van der Waals surface area (Å²) in [4.78, 5) is 26.2. The Morgan fingerprint density at radius 1 is 1.25 bits per heavy atom. The molecule has 0 saturated carbocycles. The molecule has 2 aromatic carbocycles. The number of rotatable bonds is 4. The third-order valence-electron chi connectivity index (χ3n) is 3.96. The molecule has 1 atom stereocenters. The molecule has 5 nitrogen and oxygen atoms in total. The summed E-state index contributed by atoms with van der Waals surface area (Å²) in [7, 11) is 1.55. The molecule has 1 unspecified atom stereocenters. The molecule has 6 heteroatoms. The van der Waals surface area contributed by atoms with E-state index in [9.17, 15) is 14.0 Å². The summed E-state index contributed by atoms with van der Waals surface area (Å²) < 4.78 is 18.2. The van der Waals surface area contributed by atoms with E-state index in [0.717, 1.165) is 0 Å². The standard InChI is InChI=1S/C18H17FN2O3/c1-24-15-4-2-3-13(11-15)20-18(23)16-9-10-17(22)21(16)14-7-5-12(19)6-8-14/h2-8,11,16H,9-10H2,1H3,(H,20,23). The van der Waals surface area contributed by atoms with E-state index >= 15 is 0 Å². The molecule has 2 aromatic rings. The first-order valence-electron chi connectivity index (χ1n) is 7.61. The molecule has 3 rings (SSSR count). The van der Waals surface area contributed by atoms with Crippen LogP contribution in [0.4, 0.5) is 15.8 Å². The smallest absolute Gasteiger partial charge is 0.247 e. The molecule has 124 valence electrons. The Morgan fingerprint density at radius 3 is 2.71 bits per heavy atom. The molecule has 2 amide bonds. The lowest BCUT2D eigenvalue weighted by Gasteiger charge is -2.24. The normalized spacial score (nSPS) is 17.0. The van der Waals surface area contributed by atoms with Crippen molar-refractivity contribution in [2.45, 2.75) is 18.9 Å². The van der Waals surface area contributed by atoms with E-state index in [0.29, 0.717) is 23.5 Å². The lowest BCUT2D eigenvalue weighted by molar-refractivity contribution is -0.120. The Kier molecular flexibility index (Phi) is 4.46. The molecule has 0 bridgehead atoms. The van der Waals surface area contributed by atoms with Crippen molar-refractivity contribution >= 4 is 23.2 Å². The monoisotopic (exact) mass is 328 g/mol. The van der Waals surface area contributed by atoms with Crippen LogP contribution in [0, 0.1) is 5.82 Å². The van der Waals surface area contributed by atoms with E-state index in [1.165, 1.54) is 29.2 Å². The van der Waals surface area contributed by atoms with Gasteiger partial charge in [-0.15, -0.1) is 0 Å². The highest BCUT2D eigenvalue weighted by Crippen LogP contribution is 2.28. The molecule has 1 aliphatic heterocycles. The number of benzene rings is 2. The van der Waals surface area contributed by atoms with Gasteiger partial charge < -0.3 is 10.1 Å². The fraction of sp³-hybridized carbons (Fsp3) is 0.222. The van der Waals surface area contributed by atoms with Gasteiger partial charge in [0, 0.05) is 23.9 Å². The average Bonchev–Trinajstić information content (AvgIpc) is 2.97. The van der Waals surface area contributed by atoms with Gasteiger partial charge in [0.1, 0.15) is 17.6 Å². The van der Waals surface area contributed by atoms with Crippen molar-refractivity contribution in [2.75, 3.05) is 17.3 Å². The van der Waals surface area contributed by atoms with Gasteiger partial charge in [-0.3, -0.25) is 14.5 Å². The van der Waals surface area contributed by atoms with Crippen LogP contribution < -0.4 is 15.0 Å². The Balaban J connectivity index is 1.80. The summed E-state index contributed by atoms with van der Waals surface area (Å²) >= 11 is 0. The number of hydrogen-bond donors (Lipinski definition) is 1. The minimum absolute atomic E-state index is 0.146. The highest BCUT2D eigenvalue weighted by molar-refractivity contribution is 6.07. The first-order valence-corrected chi connectivity index (χ1v) is 7.61. The van der Waals surface area contributed by atoms with Crippen molar-refractivity contribution in [3.05, 3.63) is 54.3 Å². The maximum Gasteiger partial charge on any atom is 0.247 e. The summed E-state index contributed by atoms with van der Waals surface area (Å²) in [5.41, 5.74) is 1.11. The van der Waals surface area contributed by atoms with Gasteiger partial charge in [-0.1, -0.05) is 6.07 Å². The number of nitrogens with zero attached hydrogens (tertiary/aromatic N) is 1. The zero-order chi connectivity index (χ0) is 17.1. The minimum Gasteiger partial charge on any atom is -0.497 e. The van der Waals surface area contributed by atoms with Crippen LogP contribution in [0.3, 0.4) is 0 Å². The van der Waals surface area contributed by atoms with Crippen molar-refractivity contribution in [2.24, 2.45) is 0 Å². The van der Waals surface area contributed by atoms with Crippen LogP contribution in [0.2, 0.25) is 0 Å². The highest BCUT2D eigenvalue weighted by atomic mass is 19.1. The third-order valence-corrected chi connectivity index (χ3v) is 3.96. The zero-order valence-corrected chi connectivity index (χ0v) is 13.2. The minimum atomic E-state index is -0.617. The van der Waals surface area contributed by atoms with Crippen molar-refractivity contribution < 1.29 is 18.7 Å². The predicted octanol–water partition coefficient (Wildman–Crippen LogP) is 2.97. The second-order valence-electron chi connectivity index (χ2n) is 5.52. The van der Waals surface area contributed by atoms with Crippen molar-refractivity contribution in [3.8, 4) is 5.75 Å². The van der Waals surface area contributed by atoms with Crippen LogP contribution in [-0.2, 0) is 9.59 Å². The topological polar surface area (TPSA) is 58.6 Å². The molecule has 1 fully saturated rings. The molecular formula is C18H17FN2O3. The second-order valence-corrected chi connectivity index (χ2v) is 5.52. The Morgan fingerprint density at radius 2 is 2.00 bits per heavy atom. The van der Waals surface area contributed by atoms with Crippen LogP contribution in [0.25, 0.3) is 0 Å². The molecule has 0 aromatic heterocycles. The number of hydrogen-bond acceptors (Lipinski definition) is 3. The highest BCUT2D eigenvalue weighted by Gasteiger charge is 2.37. The van der Waals surface area contributed by atoms with Crippen LogP contribution >= 0.6 is 0 Å². The van der Waals surface area contributed by atoms with Crippen molar-refractivity contribution in [3.63, 3.8) is 0 Å². The number of halogens is 1. The fourth-order valence-corrected chi connectivity index (χ4v) is 2.78. The SMILES string of the molecule is COc1cccc(NC(=O)C2CCC(=O)N2c2ccc(F)cc2)c1. The third kappa shape index (κ3) is 3.22. The number of carbonyl (C=O) groups excluding carboxylic acids is 2. The van der Waals surface area contributed by atoms with Gasteiger partial charge in [-0.2, -0.15) is 0 Å². The van der Waals surface area contributed by atoms with Crippen molar-refractivity contribution in [1.82, 2.24) is 0 Å². The first-order chi connectivity index (χ1) is 11.6. The Bertz CT molecular complexity index is 761. The summed E-state index contributed by atoms with van der Waals surface area (Å²) in [6.07, 6.45) is 0.708. The maximum absolute atomic E-state index is 13.1. The molecule has 1 heterocycles. The van der Waals surface area contributed by atoms with Gasteiger partial charge in [0.2, 0.25) is 11.8 Å². The van der Waals surface area contributed by atoms with Crippen molar-refractivity contribution in [1.29, 1.82) is 0 Å². The lowest BCUT2D eigenvalue weighted by atomic mass is 10.2. The van der Waals surface area contributed by atoms with Crippen LogP contribution in [0.5, 0.6) is 5.75 Å². The molecule has 0 radical (unpaired) electrons. The molecule has 1 aliphatic rings. The predicted molar refractivity (Wildman–Crippen MR) is 88.5 cm³/mol. The van der Waals surface area contributed by atoms with Gasteiger partial charge in [0.15, 0.2) is 0 Å². The molecule has 0 spiro atoms. The van der Waals surface area contributed by atoms with E-state index in [4.69, 9.17) is 4.74 Å². The number of anilines is 2. The van der Waals surface area contributed by atoms with Gasteiger partial charge in [0.05, 0.1) is 7.11 Å². The summed E-state index contributed by atoms with van der Waals surface area (Å²) in [6, 6.07) is 11.9. The van der Waals surface area contributed by atoms with E-state index in [2.05, 4.69) is 5.32 Å². The largest absolute Gasteiger partial charge is 0.497 e. The molecule has 1 N–H and O–H groups in total. The first kappa shape index (κ1) is 16.0. The summed E-state index contributed by atoms with van der Waals surface area (Å²) in [5, 5.41) is 2.80. The van der Waals surface area contributed by atoms with Gasteiger partial charge in [-0.05, 0) is 42.8 Å². The number of nitrogens with one attached hydrogen (secondary N) is 1. The molecular weight excluding hydrogens is 311 g/mol. The number of methoxy groups -OCH3 is 1. The van der Waals surface area contributed by atoms with Gasteiger partial charge in [0.25, 0.3) is 0 Å². The van der Waals surface area contributed by atoms with E-state index in [1.54, 1.807) is 31.4 Å². The average molecular weight is 328 g/mol. The van der Waals surface area contributed by atoms with Crippen LogP contribution in [0.15, 0.2) is 48.5 Å². The Hall–Kier alpha value is -2.89. The van der Waals surface area contributed by atoms with Crippen LogP contribution in [-0.4, -0.2) is 25.0 Å². The number of carbonyl (C=O) groups is 2. The van der Waals surface area contributed by atoms with E-state index in [1.807, 2.05) is 0 Å². The second kappa shape index (κ2) is 6.70. The summed E-state index contributed by atoms with van der Waals surface area (Å²) in [6.45, 7) is 0. The molecule has 1 saturated heterocycles. The van der Waals surface area contributed by atoms with E-state index < -0.39 is 6.04 Å². The quantitative estimate of drug-likeness (QED) is 0.939. The molecule has 0 aliphatic carbocycles. The lowest BCUT2D eigenvalue weighted by Crippen LogP contribution is -2.41. The fourth-order valence-electron chi connectivity index (χ4n) is 2.78. The maximum atomic E-state index is 13.1. The molecule has 24 heavy (non-hydrogen) atoms. The Labute approximate surface area is 139 Å². The van der Waals surface area contributed by atoms with Crippen LogP contribution in [0.1, 0.15) is 12.8 Å².